The summed E-state index contributed by atoms with van der Waals surface area (Å²) in [5.74, 6) is 0.179. The van der Waals surface area contributed by atoms with Crippen molar-refractivity contribution in [2.75, 3.05) is 23.7 Å². The van der Waals surface area contributed by atoms with Crippen molar-refractivity contribution in [1.29, 1.82) is 0 Å². The molecule has 2 aromatic heterocycles. The maximum absolute atomic E-state index is 12.3. The van der Waals surface area contributed by atoms with Gasteiger partial charge in [0.2, 0.25) is 10.1 Å². The number of aromatic nitrogens is 3. The van der Waals surface area contributed by atoms with Crippen molar-refractivity contribution >= 4 is 39.1 Å². The molecule has 1 aliphatic heterocycles. The lowest BCUT2D eigenvalue weighted by atomic mass is 10.1. The first-order valence-corrected chi connectivity index (χ1v) is 8.49. The van der Waals surface area contributed by atoms with Crippen LogP contribution in [0.15, 0.2) is 34.7 Å². The lowest BCUT2D eigenvalue weighted by Crippen LogP contribution is -2.18. The lowest BCUT2D eigenvalue weighted by molar-refractivity contribution is -0.110. The first kappa shape index (κ1) is 14.8. The monoisotopic (exact) mass is 341 g/mol. The van der Waals surface area contributed by atoms with E-state index in [1.54, 1.807) is 18.2 Å². The fourth-order valence-corrected chi connectivity index (χ4v) is 3.73. The number of carbonyl (C=O) groups excluding carboxylic acids is 1. The molecule has 4 rings (SSSR count). The van der Waals surface area contributed by atoms with E-state index in [2.05, 4.69) is 15.0 Å². The Balaban J connectivity index is 1.80. The predicted molar refractivity (Wildman–Crippen MR) is 94.3 cm³/mol. The van der Waals surface area contributed by atoms with E-state index >= 15 is 0 Å². The third kappa shape index (κ3) is 2.54. The van der Waals surface area contributed by atoms with E-state index in [0.29, 0.717) is 4.96 Å². The number of ketones is 1. The number of rotatable bonds is 2. The van der Waals surface area contributed by atoms with Crippen LogP contribution in [-0.4, -0.2) is 33.5 Å². The second-order valence-electron chi connectivity index (χ2n) is 5.70. The Morgan fingerprint density at radius 1 is 1.12 bits per heavy atom. The van der Waals surface area contributed by atoms with Gasteiger partial charge in [0.05, 0.1) is 5.56 Å². The Labute approximate surface area is 141 Å². The summed E-state index contributed by atoms with van der Waals surface area (Å²) >= 11 is 1.37. The van der Waals surface area contributed by atoms with Crippen LogP contribution in [-0.2, 0) is 4.79 Å². The SMILES string of the molecule is Nc1c(C=C2C=CC(=O)C=C2)c(=O)nc2sc(N3CCCC3)nn12. The molecule has 3 heterocycles. The van der Waals surface area contributed by atoms with Crippen LogP contribution in [0.3, 0.4) is 0 Å². The van der Waals surface area contributed by atoms with Crippen molar-refractivity contribution in [3.8, 4) is 0 Å². The smallest absolute Gasteiger partial charge is 0.283 e. The van der Waals surface area contributed by atoms with Gasteiger partial charge < -0.3 is 10.6 Å². The van der Waals surface area contributed by atoms with Gasteiger partial charge in [0.25, 0.3) is 5.56 Å². The zero-order valence-corrected chi connectivity index (χ0v) is 13.6. The molecule has 122 valence electrons. The van der Waals surface area contributed by atoms with Crippen LogP contribution in [0.2, 0.25) is 0 Å². The van der Waals surface area contributed by atoms with Crippen molar-refractivity contribution in [2.24, 2.45) is 0 Å². The average Bonchev–Trinajstić information content (AvgIpc) is 3.22. The van der Waals surface area contributed by atoms with Gasteiger partial charge in [-0.25, -0.2) is 0 Å². The molecule has 2 aromatic rings. The van der Waals surface area contributed by atoms with Gasteiger partial charge in [-0.15, -0.1) is 5.10 Å². The largest absolute Gasteiger partial charge is 0.383 e. The molecule has 0 spiro atoms. The standard InChI is InChI=1S/C16H15N5O2S/c17-13-12(9-10-3-5-11(22)6-4-10)14(23)18-15-21(13)19-16(24-15)20-7-1-2-8-20/h3-6,9H,1-2,7-8,17H2. The highest BCUT2D eigenvalue weighted by Gasteiger charge is 2.19. The molecule has 0 amide bonds. The summed E-state index contributed by atoms with van der Waals surface area (Å²) in [5, 5.41) is 5.35. The van der Waals surface area contributed by atoms with Gasteiger partial charge in [0.1, 0.15) is 5.82 Å². The topological polar surface area (TPSA) is 93.6 Å². The summed E-state index contributed by atoms with van der Waals surface area (Å²) in [7, 11) is 0. The van der Waals surface area contributed by atoms with Crippen molar-refractivity contribution in [1.82, 2.24) is 14.6 Å². The molecule has 1 fully saturated rings. The minimum Gasteiger partial charge on any atom is -0.383 e. The molecular weight excluding hydrogens is 326 g/mol. The number of allylic oxidation sites excluding steroid dienone is 5. The minimum absolute atomic E-state index is 0.0832. The van der Waals surface area contributed by atoms with Gasteiger partial charge in [0, 0.05) is 13.1 Å². The third-order valence-electron chi connectivity index (χ3n) is 4.05. The summed E-state index contributed by atoms with van der Waals surface area (Å²) in [4.78, 5) is 30.3. The van der Waals surface area contributed by atoms with Crippen LogP contribution in [0, 0.1) is 0 Å². The Morgan fingerprint density at radius 3 is 2.54 bits per heavy atom. The highest BCUT2D eigenvalue weighted by Crippen LogP contribution is 2.27. The second-order valence-corrected chi connectivity index (χ2v) is 6.64. The maximum Gasteiger partial charge on any atom is 0.283 e. The molecule has 0 unspecified atom stereocenters. The molecule has 1 saturated heterocycles. The first-order valence-electron chi connectivity index (χ1n) is 7.68. The zero-order chi connectivity index (χ0) is 16.7. The van der Waals surface area contributed by atoms with Crippen molar-refractivity contribution in [2.45, 2.75) is 12.8 Å². The fourth-order valence-electron chi connectivity index (χ4n) is 2.77. The number of carbonyl (C=O) groups is 1. The van der Waals surface area contributed by atoms with Crippen LogP contribution < -0.4 is 16.2 Å². The molecule has 0 radical (unpaired) electrons. The molecule has 2 N–H and O–H groups in total. The predicted octanol–water partition coefficient (Wildman–Crippen LogP) is 1.41. The fraction of sp³-hybridized carbons (Fsp3) is 0.250. The second kappa shape index (κ2) is 5.72. The number of hydrogen-bond acceptors (Lipinski definition) is 7. The van der Waals surface area contributed by atoms with E-state index in [-0.39, 0.29) is 17.2 Å². The van der Waals surface area contributed by atoms with Crippen molar-refractivity contribution in [3.05, 3.63) is 45.8 Å². The number of nitrogens with zero attached hydrogens (tertiary/aromatic N) is 4. The molecule has 0 aromatic carbocycles. The Hall–Kier alpha value is -2.74. The summed E-state index contributed by atoms with van der Waals surface area (Å²) in [6.45, 7) is 1.93. The van der Waals surface area contributed by atoms with E-state index in [1.165, 1.54) is 28.0 Å². The van der Waals surface area contributed by atoms with E-state index in [4.69, 9.17) is 5.73 Å². The zero-order valence-electron chi connectivity index (χ0n) is 12.8. The molecule has 24 heavy (non-hydrogen) atoms. The lowest BCUT2D eigenvalue weighted by Gasteiger charge is -2.11. The van der Waals surface area contributed by atoms with E-state index in [0.717, 1.165) is 36.6 Å². The molecule has 0 atom stereocenters. The maximum atomic E-state index is 12.3. The van der Waals surface area contributed by atoms with E-state index < -0.39 is 5.56 Å². The van der Waals surface area contributed by atoms with Crippen LogP contribution in [0.25, 0.3) is 11.0 Å². The Bertz CT molecular complexity index is 958. The molecule has 0 saturated carbocycles. The molecular formula is C16H15N5O2S. The minimum atomic E-state index is -0.393. The number of fused-ring (bicyclic) bond motifs is 1. The molecule has 0 bridgehead atoms. The van der Waals surface area contributed by atoms with Crippen molar-refractivity contribution in [3.63, 3.8) is 0 Å². The number of nitrogens with two attached hydrogens (primary N) is 1. The van der Waals surface area contributed by atoms with Gasteiger partial charge in [-0.2, -0.15) is 9.50 Å². The molecule has 1 aliphatic carbocycles. The van der Waals surface area contributed by atoms with Gasteiger partial charge in [-0.1, -0.05) is 23.5 Å². The highest BCUT2D eigenvalue weighted by atomic mass is 32.1. The Kier molecular flexibility index (Phi) is 3.53. The van der Waals surface area contributed by atoms with Crippen molar-refractivity contribution < 1.29 is 4.79 Å². The summed E-state index contributed by atoms with van der Waals surface area (Å²) in [6, 6.07) is 0. The number of nitrogen functional groups attached to an aromatic ring is 1. The highest BCUT2D eigenvalue weighted by molar-refractivity contribution is 7.20. The summed E-state index contributed by atoms with van der Waals surface area (Å²) < 4.78 is 1.52. The Morgan fingerprint density at radius 2 is 1.83 bits per heavy atom. The number of hydrogen-bond donors (Lipinski definition) is 1. The van der Waals surface area contributed by atoms with Crippen LogP contribution in [0.1, 0.15) is 18.4 Å². The molecule has 2 aliphatic rings. The van der Waals surface area contributed by atoms with Gasteiger partial charge >= 0.3 is 0 Å². The third-order valence-corrected chi connectivity index (χ3v) is 5.02. The normalized spacial score (nSPS) is 17.2. The van der Waals surface area contributed by atoms with Gasteiger partial charge in [-0.3, -0.25) is 9.59 Å². The van der Waals surface area contributed by atoms with Crippen LogP contribution in [0.4, 0.5) is 10.9 Å². The number of anilines is 2. The quantitative estimate of drug-likeness (QED) is 0.888. The summed E-state index contributed by atoms with van der Waals surface area (Å²) in [6.07, 6.45) is 10.1. The van der Waals surface area contributed by atoms with E-state index in [9.17, 15) is 9.59 Å². The van der Waals surface area contributed by atoms with Gasteiger partial charge in [0.15, 0.2) is 5.78 Å². The van der Waals surface area contributed by atoms with Crippen LogP contribution in [0.5, 0.6) is 0 Å². The molecule has 8 heteroatoms. The summed E-state index contributed by atoms with van der Waals surface area (Å²) in [5.41, 5.74) is 6.77. The van der Waals surface area contributed by atoms with E-state index in [1.807, 2.05) is 0 Å². The molecule has 7 nitrogen and oxygen atoms in total. The average molecular weight is 341 g/mol. The van der Waals surface area contributed by atoms with Crippen LogP contribution >= 0.6 is 11.3 Å². The first-order chi connectivity index (χ1) is 11.6. The van der Waals surface area contributed by atoms with Gasteiger partial charge in [-0.05, 0) is 36.6 Å².